The Morgan fingerprint density at radius 3 is 2.14 bits per heavy atom. The first kappa shape index (κ1) is 24.7. The van der Waals surface area contributed by atoms with Crippen LogP contribution in [0.1, 0.15) is 31.8 Å². The fourth-order valence-electron chi connectivity index (χ4n) is 3.92. The lowest BCUT2D eigenvalue weighted by Gasteiger charge is -2.12. The molecule has 0 spiro atoms. The number of thioether (sulfide) groups is 1. The minimum absolute atomic E-state index is 0.155. The van der Waals surface area contributed by atoms with Crippen molar-refractivity contribution in [2.75, 3.05) is 5.32 Å². The Hall–Kier alpha value is -4.01. The normalized spacial score (nSPS) is 10.9. The molecular formula is C29H23N3O3S2. The molecule has 1 amide bonds. The number of fused-ring (bicyclic) bond motifs is 1. The molecule has 0 atom stereocenters. The highest BCUT2D eigenvalue weighted by Gasteiger charge is 2.17. The molecule has 0 aliphatic rings. The Labute approximate surface area is 222 Å². The summed E-state index contributed by atoms with van der Waals surface area (Å²) in [5.74, 6) is -0.0669. The fraction of sp³-hybridized carbons (Fsp3) is 0.0690. The highest BCUT2D eigenvalue weighted by Crippen LogP contribution is 2.33. The Kier molecular flexibility index (Phi) is 7.58. The molecule has 0 radical (unpaired) electrons. The number of hydrogen-bond acceptors (Lipinski definition) is 5. The summed E-state index contributed by atoms with van der Waals surface area (Å²) in [4.78, 5) is 29.5. The van der Waals surface area contributed by atoms with E-state index < -0.39 is 5.97 Å². The maximum absolute atomic E-state index is 13.0. The van der Waals surface area contributed by atoms with E-state index in [4.69, 9.17) is 4.98 Å². The van der Waals surface area contributed by atoms with Crippen molar-refractivity contribution in [1.29, 1.82) is 0 Å². The predicted molar refractivity (Wildman–Crippen MR) is 150 cm³/mol. The first-order valence-electron chi connectivity index (χ1n) is 11.6. The van der Waals surface area contributed by atoms with Crippen LogP contribution in [-0.2, 0) is 11.5 Å². The lowest BCUT2D eigenvalue weighted by Crippen LogP contribution is -2.14. The Morgan fingerprint density at radius 1 is 0.757 bits per heavy atom. The van der Waals surface area contributed by atoms with Crippen LogP contribution in [0.2, 0.25) is 0 Å². The minimum Gasteiger partial charge on any atom is -0.478 e. The Balaban J connectivity index is 1.39. The van der Waals surface area contributed by atoms with E-state index in [1.807, 2.05) is 91.0 Å². The second-order valence-electron chi connectivity index (χ2n) is 8.18. The number of benzene rings is 4. The van der Waals surface area contributed by atoms with Gasteiger partial charge in [-0.15, -0.1) is 0 Å². The molecule has 0 saturated heterocycles. The van der Waals surface area contributed by atoms with Crippen molar-refractivity contribution in [3.8, 4) is 0 Å². The van der Waals surface area contributed by atoms with E-state index in [9.17, 15) is 14.7 Å². The number of hydrogen-bond donors (Lipinski definition) is 2. The van der Waals surface area contributed by atoms with Crippen molar-refractivity contribution in [2.45, 2.75) is 16.7 Å². The molecule has 37 heavy (non-hydrogen) atoms. The molecule has 2 N–H and O–H groups in total. The zero-order chi connectivity index (χ0) is 25.6. The highest BCUT2D eigenvalue weighted by atomic mass is 32.2. The summed E-state index contributed by atoms with van der Waals surface area (Å²) < 4.78 is 2.06. The zero-order valence-electron chi connectivity index (χ0n) is 19.7. The number of carboxylic acid groups (broad SMARTS) is 1. The third-order valence-electron chi connectivity index (χ3n) is 5.74. The molecule has 4 aromatic carbocycles. The number of amides is 1. The van der Waals surface area contributed by atoms with Crippen molar-refractivity contribution in [3.05, 3.63) is 125 Å². The maximum atomic E-state index is 13.0. The van der Waals surface area contributed by atoms with Crippen LogP contribution in [0.25, 0.3) is 11.0 Å². The van der Waals surface area contributed by atoms with E-state index in [-0.39, 0.29) is 5.91 Å². The molecule has 5 rings (SSSR count). The number of imidazole rings is 1. The summed E-state index contributed by atoms with van der Waals surface area (Å²) in [6.45, 7) is 0. The molecule has 0 aliphatic carbocycles. The van der Waals surface area contributed by atoms with Gasteiger partial charge < -0.3 is 10.4 Å². The van der Waals surface area contributed by atoms with Gasteiger partial charge in [0.05, 0.1) is 16.6 Å². The summed E-state index contributed by atoms with van der Waals surface area (Å²) in [6, 6.07) is 31.9. The lowest BCUT2D eigenvalue weighted by atomic mass is 10.1. The van der Waals surface area contributed by atoms with Crippen LogP contribution in [0.5, 0.6) is 0 Å². The third-order valence-corrected chi connectivity index (χ3v) is 7.91. The molecule has 1 heterocycles. The van der Waals surface area contributed by atoms with Gasteiger partial charge >= 0.3 is 5.97 Å². The van der Waals surface area contributed by atoms with Crippen LogP contribution in [0.4, 0.5) is 5.69 Å². The molecule has 5 aromatic rings. The summed E-state index contributed by atoms with van der Waals surface area (Å²) in [5, 5.41) is 13.3. The number of nitrogens with one attached hydrogen (secondary N) is 1. The van der Waals surface area contributed by atoms with Crippen LogP contribution in [0, 0.1) is 0 Å². The van der Waals surface area contributed by atoms with Gasteiger partial charge in [-0.05, 0) is 59.5 Å². The average molecular weight is 526 g/mol. The van der Waals surface area contributed by atoms with Gasteiger partial charge in [0.15, 0.2) is 5.16 Å². The van der Waals surface area contributed by atoms with Gasteiger partial charge in [0.25, 0.3) is 5.91 Å². The van der Waals surface area contributed by atoms with Crippen molar-refractivity contribution in [3.63, 3.8) is 0 Å². The molecule has 6 nitrogen and oxygen atoms in total. The fourth-order valence-corrected chi connectivity index (χ4v) is 6.11. The van der Waals surface area contributed by atoms with Crippen LogP contribution in [-0.4, -0.2) is 25.9 Å². The topological polar surface area (TPSA) is 84.2 Å². The number of para-hydroxylation sites is 3. The first-order valence-corrected chi connectivity index (χ1v) is 13.5. The smallest absolute Gasteiger partial charge is 0.335 e. The molecule has 0 aliphatic heterocycles. The Morgan fingerprint density at radius 2 is 1.38 bits per heavy atom. The number of aromatic carboxylic acids is 1. The molecule has 8 heteroatoms. The molecule has 0 saturated carbocycles. The monoisotopic (exact) mass is 525 g/mol. The number of carboxylic acids is 1. The number of carbonyl (C=O) groups excluding carboxylic acids is 1. The van der Waals surface area contributed by atoms with Crippen LogP contribution >= 0.6 is 23.7 Å². The van der Waals surface area contributed by atoms with Gasteiger partial charge in [0.1, 0.15) is 0 Å². The Bertz CT molecular complexity index is 1570. The SMILES string of the molecule is O=C(O)c1ccccc1CSc1nc2ccccc2n1SCc1ccccc1C(=O)Nc1ccccc1. The second kappa shape index (κ2) is 11.4. The average Bonchev–Trinajstić information content (AvgIpc) is 3.29. The second-order valence-corrected chi connectivity index (χ2v) is 10.0. The van der Waals surface area contributed by atoms with Gasteiger partial charge in [-0.25, -0.2) is 9.78 Å². The number of carbonyl (C=O) groups is 2. The maximum Gasteiger partial charge on any atom is 0.335 e. The predicted octanol–water partition coefficient (Wildman–Crippen LogP) is 6.98. The van der Waals surface area contributed by atoms with E-state index in [1.165, 1.54) is 11.8 Å². The standard InChI is InChI=1S/C29H23N3O3S2/c33-27(30-22-12-2-1-3-13-22)23-14-6-4-11-21(23)19-37-32-26-17-9-8-16-25(26)31-29(32)36-18-20-10-5-7-15-24(20)28(34)35/h1-17H,18-19H2,(H,30,33)(H,34,35). The number of aromatic nitrogens is 2. The van der Waals surface area contributed by atoms with Crippen LogP contribution < -0.4 is 5.32 Å². The largest absolute Gasteiger partial charge is 0.478 e. The van der Waals surface area contributed by atoms with Gasteiger partial charge in [-0.3, -0.25) is 8.77 Å². The number of anilines is 1. The van der Waals surface area contributed by atoms with Crippen molar-refractivity contribution in [1.82, 2.24) is 8.96 Å². The summed E-state index contributed by atoms with van der Waals surface area (Å²) in [7, 11) is 0. The molecule has 0 unspecified atom stereocenters. The van der Waals surface area contributed by atoms with E-state index in [0.29, 0.717) is 22.6 Å². The van der Waals surface area contributed by atoms with Crippen molar-refractivity contribution < 1.29 is 14.7 Å². The summed E-state index contributed by atoms with van der Waals surface area (Å²) >= 11 is 3.05. The van der Waals surface area contributed by atoms with E-state index >= 15 is 0 Å². The van der Waals surface area contributed by atoms with Crippen LogP contribution in [0.15, 0.2) is 108 Å². The van der Waals surface area contributed by atoms with E-state index in [0.717, 1.165) is 33.0 Å². The van der Waals surface area contributed by atoms with Gasteiger partial charge in [-0.2, -0.15) is 0 Å². The lowest BCUT2D eigenvalue weighted by molar-refractivity contribution is 0.0695. The summed E-state index contributed by atoms with van der Waals surface area (Å²) in [6.07, 6.45) is 0. The van der Waals surface area contributed by atoms with Gasteiger partial charge in [0.2, 0.25) is 0 Å². The molecular weight excluding hydrogens is 502 g/mol. The molecule has 1 aromatic heterocycles. The number of nitrogens with zero attached hydrogens (tertiary/aromatic N) is 2. The quantitative estimate of drug-likeness (QED) is 0.202. The molecule has 0 fully saturated rings. The van der Waals surface area contributed by atoms with E-state index in [2.05, 4.69) is 9.29 Å². The highest BCUT2D eigenvalue weighted by molar-refractivity contribution is 8.00. The van der Waals surface area contributed by atoms with Crippen molar-refractivity contribution in [2.24, 2.45) is 0 Å². The summed E-state index contributed by atoms with van der Waals surface area (Å²) in [5.41, 5.74) is 5.14. The molecule has 0 bridgehead atoms. The molecule has 184 valence electrons. The minimum atomic E-state index is -0.940. The van der Waals surface area contributed by atoms with Crippen LogP contribution in [0.3, 0.4) is 0 Å². The first-order chi connectivity index (χ1) is 18.1. The van der Waals surface area contributed by atoms with E-state index in [1.54, 1.807) is 24.1 Å². The van der Waals surface area contributed by atoms with Crippen molar-refractivity contribution >= 4 is 52.3 Å². The number of rotatable bonds is 9. The zero-order valence-corrected chi connectivity index (χ0v) is 21.3. The third kappa shape index (κ3) is 5.71. The van der Waals surface area contributed by atoms with Gasteiger partial charge in [0, 0.05) is 22.8 Å². The van der Waals surface area contributed by atoms with Gasteiger partial charge in [-0.1, -0.05) is 78.5 Å².